The highest BCUT2D eigenvalue weighted by atomic mass is 32.2. The van der Waals surface area contributed by atoms with E-state index < -0.39 is 14.9 Å². The van der Waals surface area contributed by atoms with E-state index in [1.807, 2.05) is 6.92 Å². The normalized spacial score (nSPS) is 15.9. The third-order valence-corrected chi connectivity index (χ3v) is 6.91. The number of hydrogen-bond acceptors (Lipinski definition) is 6. The number of aryl methyl sites for hydroxylation is 1. The molecule has 0 radical (unpaired) electrons. The summed E-state index contributed by atoms with van der Waals surface area (Å²) in [5, 5.41) is 14.8. The largest absolute Gasteiger partial charge is 0.278 e. The van der Waals surface area contributed by atoms with Gasteiger partial charge in [0.25, 0.3) is 5.69 Å². The van der Waals surface area contributed by atoms with E-state index in [9.17, 15) is 23.3 Å². The smallest absolute Gasteiger partial charge is 0.273 e. The van der Waals surface area contributed by atoms with Gasteiger partial charge in [0.05, 0.1) is 21.6 Å². The maximum absolute atomic E-state index is 12.7. The lowest BCUT2D eigenvalue weighted by molar-refractivity contribution is -0.385. The zero-order valence-corrected chi connectivity index (χ0v) is 17.2. The Kier molecular flexibility index (Phi) is 6.58. The molecule has 1 amide bonds. The third kappa shape index (κ3) is 4.89. The minimum absolute atomic E-state index is 0.106. The van der Waals surface area contributed by atoms with Gasteiger partial charge in [-0.3, -0.25) is 14.9 Å². The van der Waals surface area contributed by atoms with Crippen molar-refractivity contribution in [3.63, 3.8) is 0 Å². The predicted molar refractivity (Wildman–Crippen MR) is 111 cm³/mol. The number of hydrazone groups is 1. The van der Waals surface area contributed by atoms with E-state index in [0.717, 1.165) is 5.56 Å². The Morgan fingerprint density at radius 2 is 1.80 bits per heavy atom. The highest BCUT2D eigenvalue weighted by Crippen LogP contribution is 2.24. The van der Waals surface area contributed by atoms with Crippen LogP contribution >= 0.6 is 0 Å². The van der Waals surface area contributed by atoms with E-state index in [2.05, 4.69) is 10.5 Å². The summed E-state index contributed by atoms with van der Waals surface area (Å²) >= 11 is 0. The Morgan fingerprint density at radius 3 is 2.43 bits per heavy atom. The number of nitrogens with one attached hydrogen (secondary N) is 1. The first-order valence-electron chi connectivity index (χ1n) is 9.42. The van der Waals surface area contributed by atoms with Gasteiger partial charge in [-0.15, -0.1) is 0 Å². The van der Waals surface area contributed by atoms with E-state index >= 15 is 0 Å². The van der Waals surface area contributed by atoms with Crippen LogP contribution in [0, 0.1) is 23.0 Å². The Balaban J connectivity index is 1.57. The number of carbonyl (C=O) groups excluding carboxylic acids is 1. The molecular weight excluding hydrogens is 408 g/mol. The first-order chi connectivity index (χ1) is 14.3. The van der Waals surface area contributed by atoms with Gasteiger partial charge in [-0.2, -0.15) is 9.41 Å². The average molecular weight is 430 g/mol. The van der Waals surface area contributed by atoms with Crippen LogP contribution in [0.15, 0.2) is 58.5 Å². The third-order valence-electron chi connectivity index (χ3n) is 5.00. The van der Waals surface area contributed by atoms with Gasteiger partial charge in [-0.05, 0) is 38.0 Å². The topological polar surface area (TPSA) is 122 Å². The van der Waals surface area contributed by atoms with Crippen molar-refractivity contribution < 1.29 is 18.1 Å². The zero-order chi connectivity index (χ0) is 21.7. The van der Waals surface area contributed by atoms with Gasteiger partial charge in [0.1, 0.15) is 0 Å². The van der Waals surface area contributed by atoms with Gasteiger partial charge in [-0.1, -0.05) is 29.8 Å². The van der Waals surface area contributed by atoms with Crippen LogP contribution in [0.25, 0.3) is 0 Å². The minimum Gasteiger partial charge on any atom is -0.273 e. The molecule has 0 aromatic heterocycles. The molecule has 9 nitrogen and oxygen atoms in total. The highest BCUT2D eigenvalue weighted by molar-refractivity contribution is 7.89. The van der Waals surface area contributed by atoms with Crippen molar-refractivity contribution in [2.24, 2.45) is 11.0 Å². The molecule has 1 fully saturated rings. The number of rotatable bonds is 6. The Bertz CT molecular complexity index is 1060. The van der Waals surface area contributed by atoms with E-state index in [1.54, 1.807) is 36.4 Å². The van der Waals surface area contributed by atoms with Crippen LogP contribution in [0.1, 0.15) is 24.0 Å². The minimum atomic E-state index is -3.59. The molecule has 0 atom stereocenters. The molecule has 1 aliphatic heterocycles. The van der Waals surface area contributed by atoms with Crippen molar-refractivity contribution >= 4 is 27.8 Å². The van der Waals surface area contributed by atoms with Crippen LogP contribution < -0.4 is 5.43 Å². The number of benzene rings is 2. The summed E-state index contributed by atoms with van der Waals surface area (Å²) in [7, 11) is -3.59. The van der Waals surface area contributed by atoms with Crippen molar-refractivity contribution in [3.8, 4) is 0 Å². The second kappa shape index (κ2) is 9.14. The summed E-state index contributed by atoms with van der Waals surface area (Å²) in [6, 6.07) is 12.7. The Labute approximate surface area is 174 Å². The number of carbonyl (C=O) groups is 1. The lowest BCUT2D eigenvalue weighted by atomic mass is 9.98. The van der Waals surface area contributed by atoms with Crippen molar-refractivity contribution in [2.45, 2.75) is 24.7 Å². The quantitative estimate of drug-likeness (QED) is 0.428. The van der Waals surface area contributed by atoms with Gasteiger partial charge in [0, 0.05) is 25.1 Å². The molecule has 30 heavy (non-hydrogen) atoms. The predicted octanol–water partition coefficient (Wildman–Crippen LogP) is 2.45. The van der Waals surface area contributed by atoms with E-state index in [0.29, 0.717) is 12.8 Å². The first-order valence-corrected chi connectivity index (χ1v) is 10.9. The highest BCUT2D eigenvalue weighted by Gasteiger charge is 2.32. The van der Waals surface area contributed by atoms with E-state index in [4.69, 9.17) is 0 Å². The summed E-state index contributed by atoms with van der Waals surface area (Å²) < 4.78 is 26.9. The standard InChI is InChI=1S/C20H22N4O5S/c1-15-6-8-18(9-7-15)30(28,29)23-12-10-16(11-13-23)20(25)22-21-14-17-4-2-3-5-19(17)24(26)27/h2-9,14,16H,10-13H2,1H3,(H,22,25)/b21-14-. The van der Waals surface area contributed by atoms with E-state index in [-0.39, 0.29) is 41.1 Å². The summed E-state index contributed by atoms with van der Waals surface area (Å²) in [5.74, 6) is -0.713. The number of para-hydroxylation sites is 1. The number of nitrogens with zero attached hydrogens (tertiary/aromatic N) is 3. The van der Waals surface area contributed by atoms with Crippen LogP contribution in [0.5, 0.6) is 0 Å². The fourth-order valence-corrected chi connectivity index (χ4v) is 4.71. The van der Waals surface area contributed by atoms with Crippen LogP contribution in [-0.2, 0) is 14.8 Å². The fourth-order valence-electron chi connectivity index (χ4n) is 3.24. The SMILES string of the molecule is Cc1ccc(S(=O)(=O)N2CCC(C(=O)N/N=C\c3ccccc3[N+](=O)[O-])CC2)cc1. The van der Waals surface area contributed by atoms with Gasteiger partial charge in [-0.25, -0.2) is 13.8 Å². The van der Waals surface area contributed by atoms with Gasteiger partial charge in [0.2, 0.25) is 15.9 Å². The number of hydrogen-bond donors (Lipinski definition) is 1. The maximum atomic E-state index is 12.7. The molecule has 0 aliphatic carbocycles. The molecule has 2 aromatic rings. The van der Waals surface area contributed by atoms with Crippen molar-refractivity contribution in [3.05, 3.63) is 69.8 Å². The molecule has 1 saturated heterocycles. The molecule has 0 spiro atoms. The number of nitro groups is 1. The summed E-state index contributed by atoms with van der Waals surface area (Å²) in [6.07, 6.45) is 1.98. The number of nitro benzene ring substituents is 1. The number of amides is 1. The Hall–Kier alpha value is -3.11. The molecule has 158 valence electrons. The van der Waals surface area contributed by atoms with Crippen molar-refractivity contribution in [1.29, 1.82) is 0 Å². The number of sulfonamides is 1. The van der Waals surface area contributed by atoms with Crippen LogP contribution in [0.4, 0.5) is 5.69 Å². The molecule has 0 bridgehead atoms. The lowest BCUT2D eigenvalue weighted by Gasteiger charge is -2.30. The second-order valence-electron chi connectivity index (χ2n) is 7.04. The Morgan fingerprint density at radius 1 is 1.17 bits per heavy atom. The molecular formula is C20H22N4O5S. The molecule has 1 heterocycles. The van der Waals surface area contributed by atoms with Crippen molar-refractivity contribution in [2.75, 3.05) is 13.1 Å². The number of piperidine rings is 1. The zero-order valence-electron chi connectivity index (χ0n) is 16.4. The van der Waals surface area contributed by atoms with Crippen molar-refractivity contribution in [1.82, 2.24) is 9.73 Å². The average Bonchev–Trinajstić information content (AvgIpc) is 2.74. The summed E-state index contributed by atoms with van der Waals surface area (Å²) in [6.45, 7) is 2.36. The molecule has 1 N–H and O–H groups in total. The van der Waals surface area contributed by atoms with Crippen LogP contribution in [-0.4, -0.2) is 42.9 Å². The second-order valence-corrected chi connectivity index (χ2v) is 8.98. The molecule has 10 heteroatoms. The van der Waals surface area contributed by atoms with Gasteiger partial charge >= 0.3 is 0 Å². The van der Waals surface area contributed by atoms with Crippen LogP contribution in [0.2, 0.25) is 0 Å². The summed E-state index contributed by atoms with van der Waals surface area (Å²) in [5.41, 5.74) is 3.55. The van der Waals surface area contributed by atoms with Gasteiger partial charge < -0.3 is 0 Å². The fraction of sp³-hybridized carbons (Fsp3) is 0.300. The molecule has 1 aliphatic rings. The summed E-state index contributed by atoms with van der Waals surface area (Å²) in [4.78, 5) is 23.1. The van der Waals surface area contributed by atoms with Gasteiger partial charge in [0.15, 0.2) is 0 Å². The molecule has 0 unspecified atom stereocenters. The first kappa shape index (κ1) is 21.6. The monoisotopic (exact) mass is 430 g/mol. The van der Waals surface area contributed by atoms with Crippen LogP contribution in [0.3, 0.4) is 0 Å². The van der Waals surface area contributed by atoms with E-state index in [1.165, 1.54) is 22.7 Å². The molecule has 3 rings (SSSR count). The molecule has 0 saturated carbocycles. The molecule has 2 aromatic carbocycles. The lowest BCUT2D eigenvalue weighted by Crippen LogP contribution is -2.42. The maximum Gasteiger partial charge on any atom is 0.278 e.